The van der Waals surface area contributed by atoms with Gasteiger partial charge in [-0.05, 0) is 21.0 Å². The lowest BCUT2D eigenvalue weighted by molar-refractivity contribution is 0.114. The minimum atomic E-state index is -3.87. The average molecular weight is 215 g/mol. The van der Waals surface area contributed by atoms with Crippen molar-refractivity contribution in [3.63, 3.8) is 0 Å². The van der Waals surface area contributed by atoms with Crippen LogP contribution in [0.5, 0.6) is 0 Å². The van der Waals surface area contributed by atoms with Crippen LogP contribution in [0.3, 0.4) is 0 Å². The van der Waals surface area contributed by atoms with Gasteiger partial charge < -0.3 is 10.4 Å². The van der Waals surface area contributed by atoms with Crippen LogP contribution in [-0.2, 0) is 18.8 Å². The van der Waals surface area contributed by atoms with Gasteiger partial charge in [0.15, 0.2) is 0 Å². The van der Waals surface area contributed by atoms with Crippen molar-refractivity contribution < 1.29 is 21.9 Å². The standard InChI is InChI=1S/C4H10O5S.C2H7N/c1-4(5)3-9-10(6,7)8-2;1-3-2/h4-5H,3H2,1-2H3;3H,1-2H3. The number of hydrogen-bond acceptors (Lipinski definition) is 6. The zero-order valence-electron chi connectivity index (χ0n) is 8.27. The number of hydrogen-bond donors (Lipinski definition) is 2. The fourth-order valence-corrected chi connectivity index (χ4v) is 0.690. The highest BCUT2D eigenvalue weighted by Gasteiger charge is 2.09. The van der Waals surface area contributed by atoms with Gasteiger partial charge in [0.2, 0.25) is 0 Å². The molecule has 0 fully saturated rings. The van der Waals surface area contributed by atoms with E-state index in [-0.39, 0.29) is 6.61 Å². The first-order valence-electron chi connectivity index (χ1n) is 3.61. The van der Waals surface area contributed by atoms with E-state index in [1.54, 1.807) is 0 Å². The zero-order valence-corrected chi connectivity index (χ0v) is 9.09. The Hall–Kier alpha value is -0.210. The van der Waals surface area contributed by atoms with Crippen molar-refractivity contribution in [2.45, 2.75) is 13.0 Å². The molecule has 0 aliphatic carbocycles. The van der Waals surface area contributed by atoms with Crippen LogP contribution >= 0.6 is 0 Å². The van der Waals surface area contributed by atoms with Gasteiger partial charge >= 0.3 is 10.4 Å². The van der Waals surface area contributed by atoms with E-state index in [2.05, 4.69) is 13.7 Å². The molecule has 0 radical (unpaired) electrons. The summed E-state index contributed by atoms with van der Waals surface area (Å²) in [5.74, 6) is 0. The molecule has 0 rings (SSSR count). The lowest BCUT2D eigenvalue weighted by Crippen LogP contribution is -2.16. The smallest absolute Gasteiger partial charge is 0.391 e. The van der Waals surface area contributed by atoms with E-state index < -0.39 is 16.5 Å². The highest BCUT2D eigenvalue weighted by molar-refractivity contribution is 7.81. The molecule has 0 aliphatic rings. The van der Waals surface area contributed by atoms with E-state index >= 15 is 0 Å². The minimum Gasteiger partial charge on any atom is -0.391 e. The van der Waals surface area contributed by atoms with Crippen LogP contribution in [-0.4, -0.2) is 47.4 Å². The highest BCUT2D eigenvalue weighted by Crippen LogP contribution is 1.94. The van der Waals surface area contributed by atoms with Crippen LogP contribution in [0.25, 0.3) is 0 Å². The zero-order chi connectivity index (χ0) is 10.9. The Morgan fingerprint density at radius 2 is 1.85 bits per heavy atom. The topological polar surface area (TPSA) is 84.9 Å². The predicted octanol–water partition coefficient (Wildman–Crippen LogP) is -0.889. The maximum absolute atomic E-state index is 10.3. The van der Waals surface area contributed by atoms with Crippen molar-refractivity contribution in [1.29, 1.82) is 0 Å². The van der Waals surface area contributed by atoms with Crippen molar-refractivity contribution >= 4 is 10.4 Å². The summed E-state index contributed by atoms with van der Waals surface area (Å²) >= 11 is 0. The van der Waals surface area contributed by atoms with Gasteiger partial charge in [0.05, 0.1) is 19.8 Å². The van der Waals surface area contributed by atoms with Crippen molar-refractivity contribution in [2.24, 2.45) is 0 Å². The first-order valence-corrected chi connectivity index (χ1v) is 4.94. The highest BCUT2D eigenvalue weighted by atomic mass is 32.3. The molecule has 7 heteroatoms. The van der Waals surface area contributed by atoms with Crippen LogP contribution in [0.15, 0.2) is 0 Å². The van der Waals surface area contributed by atoms with E-state index in [1.165, 1.54) is 6.92 Å². The molecule has 1 atom stereocenters. The van der Waals surface area contributed by atoms with Crippen LogP contribution in [0.1, 0.15) is 6.92 Å². The van der Waals surface area contributed by atoms with Gasteiger partial charge in [-0.25, -0.2) is 4.18 Å². The molecule has 13 heavy (non-hydrogen) atoms. The molecule has 0 aromatic carbocycles. The third kappa shape index (κ3) is 14.6. The Bertz CT molecular complexity index is 189. The normalized spacial score (nSPS) is 13.0. The lowest BCUT2D eigenvalue weighted by Gasteiger charge is -2.03. The third-order valence-corrected chi connectivity index (χ3v) is 1.49. The quantitative estimate of drug-likeness (QED) is 0.633. The summed E-state index contributed by atoms with van der Waals surface area (Å²) in [5.41, 5.74) is 0. The van der Waals surface area contributed by atoms with Gasteiger partial charge in [-0.1, -0.05) is 0 Å². The predicted molar refractivity (Wildman–Crippen MR) is 48.5 cm³/mol. The van der Waals surface area contributed by atoms with Gasteiger partial charge in [-0.2, -0.15) is 8.42 Å². The Morgan fingerprint density at radius 3 is 2.08 bits per heavy atom. The molecule has 0 aliphatic heterocycles. The molecule has 0 spiro atoms. The van der Waals surface area contributed by atoms with Crippen molar-refractivity contribution in [3.05, 3.63) is 0 Å². The fraction of sp³-hybridized carbons (Fsp3) is 1.00. The van der Waals surface area contributed by atoms with Crippen LogP contribution in [0.2, 0.25) is 0 Å². The Balaban J connectivity index is 0. The van der Waals surface area contributed by atoms with E-state index in [9.17, 15) is 8.42 Å². The minimum absolute atomic E-state index is 0.282. The molecule has 0 saturated heterocycles. The first-order chi connectivity index (χ1) is 5.89. The summed E-state index contributed by atoms with van der Waals surface area (Å²) in [4.78, 5) is 0. The second-order valence-corrected chi connectivity index (χ2v) is 3.59. The molecule has 0 aromatic heterocycles. The van der Waals surface area contributed by atoms with Gasteiger partial charge in [-0.15, -0.1) is 0 Å². The molecular weight excluding hydrogens is 198 g/mol. The third-order valence-electron chi connectivity index (χ3n) is 0.658. The fourth-order valence-electron chi connectivity index (χ4n) is 0.230. The van der Waals surface area contributed by atoms with E-state index in [0.29, 0.717) is 0 Å². The van der Waals surface area contributed by atoms with E-state index in [1.807, 2.05) is 14.1 Å². The SMILES string of the molecule is CNC.COS(=O)(=O)OCC(C)O. The largest absolute Gasteiger partial charge is 0.399 e. The molecule has 0 bridgehead atoms. The average Bonchev–Trinajstić information content (AvgIpc) is 2.03. The van der Waals surface area contributed by atoms with Gasteiger partial charge in [0, 0.05) is 0 Å². The summed E-state index contributed by atoms with van der Waals surface area (Å²) in [6.07, 6.45) is -0.815. The molecule has 82 valence electrons. The van der Waals surface area contributed by atoms with Crippen LogP contribution in [0.4, 0.5) is 0 Å². The lowest BCUT2D eigenvalue weighted by atomic mass is 10.5. The molecule has 6 nitrogen and oxygen atoms in total. The maximum atomic E-state index is 10.3. The van der Waals surface area contributed by atoms with E-state index in [0.717, 1.165) is 7.11 Å². The van der Waals surface area contributed by atoms with Gasteiger partial charge in [-0.3, -0.25) is 4.18 Å². The second kappa shape index (κ2) is 8.39. The number of nitrogens with one attached hydrogen (secondary N) is 1. The summed E-state index contributed by atoms with van der Waals surface area (Å²) in [6, 6.07) is 0. The van der Waals surface area contributed by atoms with E-state index in [4.69, 9.17) is 5.11 Å². The summed E-state index contributed by atoms with van der Waals surface area (Å²) in [6.45, 7) is 1.13. The summed E-state index contributed by atoms with van der Waals surface area (Å²) < 4.78 is 28.8. The van der Waals surface area contributed by atoms with Crippen molar-refractivity contribution in [1.82, 2.24) is 5.32 Å². The first kappa shape index (κ1) is 15.3. The molecule has 2 N–H and O–H groups in total. The van der Waals surface area contributed by atoms with Crippen molar-refractivity contribution in [2.75, 3.05) is 27.8 Å². The monoisotopic (exact) mass is 215 g/mol. The molecule has 0 aromatic rings. The van der Waals surface area contributed by atoms with Gasteiger partial charge in [0.1, 0.15) is 0 Å². The van der Waals surface area contributed by atoms with Crippen LogP contribution < -0.4 is 5.32 Å². The Kier molecular flexibility index (Phi) is 9.86. The molecule has 1 unspecified atom stereocenters. The maximum Gasteiger partial charge on any atom is 0.399 e. The Morgan fingerprint density at radius 1 is 1.46 bits per heavy atom. The molecular formula is C6H17NO5S. The summed E-state index contributed by atoms with van der Waals surface area (Å²) in [7, 11) is 0.859. The van der Waals surface area contributed by atoms with Crippen molar-refractivity contribution in [3.8, 4) is 0 Å². The molecule has 0 saturated carbocycles. The number of rotatable bonds is 4. The molecule has 0 heterocycles. The number of aliphatic hydroxyl groups excluding tert-OH is 1. The summed E-state index contributed by atoms with van der Waals surface area (Å²) in [5, 5.41) is 11.3. The Labute approximate surface area is 79.2 Å². The van der Waals surface area contributed by atoms with Crippen LogP contribution in [0, 0.1) is 0 Å². The molecule has 0 amide bonds. The number of aliphatic hydroxyl groups is 1. The van der Waals surface area contributed by atoms with Gasteiger partial charge in [0.25, 0.3) is 0 Å². The second-order valence-electron chi connectivity index (χ2n) is 2.21.